The van der Waals surface area contributed by atoms with Gasteiger partial charge >= 0.3 is 17.9 Å². The van der Waals surface area contributed by atoms with Gasteiger partial charge in [-0.15, -0.1) is 0 Å². The number of allylic oxidation sites excluding steroid dienone is 24. The molecule has 0 amide bonds. The molecule has 0 saturated carbocycles. The van der Waals surface area contributed by atoms with Gasteiger partial charge in [-0.3, -0.25) is 14.4 Å². The second-order valence-corrected chi connectivity index (χ2v) is 15.8. The van der Waals surface area contributed by atoms with Crippen LogP contribution >= 0.6 is 0 Å². The molecule has 0 aliphatic heterocycles. The summed E-state index contributed by atoms with van der Waals surface area (Å²) in [6.07, 6.45) is 72.6. The zero-order valence-corrected chi connectivity index (χ0v) is 40.5. The van der Waals surface area contributed by atoms with E-state index in [-0.39, 0.29) is 37.5 Å². The number of hydrogen-bond acceptors (Lipinski definition) is 6. The Bertz CT molecular complexity index is 1480. The van der Waals surface area contributed by atoms with Crippen molar-refractivity contribution >= 4 is 17.9 Å². The van der Waals surface area contributed by atoms with Gasteiger partial charge in [0.25, 0.3) is 0 Å². The van der Waals surface area contributed by atoms with E-state index in [9.17, 15) is 14.4 Å². The predicted octanol–water partition coefficient (Wildman–Crippen LogP) is 16.5. The fourth-order valence-corrected chi connectivity index (χ4v) is 6.01. The fraction of sp³-hybridized carbons (Fsp3) is 0.534. The van der Waals surface area contributed by atoms with Crippen molar-refractivity contribution in [1.82, 2.24) is 0 Å². The normalized spacial score (nSPS) is 13.4. The van der Waals surface area contributed by atoms with Crippen molar-refractivity contribution in [3.8, 4) is 0 Å². The minimum absolute atomic E-state index is 0.120. The van der Waals surface area contributed by atoms with E-state index in [1.807, 2.05) is 60.8 Å². The Balaban J connectivity index is 4.56. The molecule has 6 nitrogen and oxygen atoms in total. The van der Waals surface area contributed by atoms with Gasteiger partial charge in [0.05, 0.1) is 0 Å². The standard InChI is InChI=1S/C58H88O6/c1-4-7-10-13-16-19-22-24-26-28-29-31-32-34-36-39-42-45-48-51-57(60)63-54-55(53-62-56(59)50-47-44-41-38-21-18-15-12-9-6-3)64-58(61)52-49-46-43-40-37-35-33-30-27-25-23-20-17-14-11-8-5-2/h7-8,10-11,14-20,23-27,29-31,33-37,55H,4-6,9,12-13,21-22,28,32,38-54H2,1-3H3/b10-7-,11-8-,17-14-,18-15-,19-16-,23-20-,26-24-,27-25-,31-29-,33-30+,36-34-,37-35-. The molecule has 0 radical (unpaired) electrons. The first-order valence-corrected chi connectivity index (χ1v) is 24.9. The molecule has 1 unspecified atom stereocenters. The maximum atomic E-state index is 12.8. The lowest BCUT2D eigenvalue weighted by Crippen LogP contribution is -2.30. The summed E-state index contributed by atoms with van der Waals surface area (Å²) in [7, 11) is 0. The van der Waals surface area contributed by atoms with E-state index in [4.69, 9.17) is 14.2 Å². The van der Waals surface area contributed by atoms with E-state index in [0.717, 1.165) is 122 Å². The molecule has 0 aliphatic rings. The van der Waals surface area contributed by atoms with Crippen molar-refractivity contribution in [2.24, 2.45) is 0 Å². The third-order valence-corrected chi connectivity index (χ3v) is 9.72. The SMILES string of the molecule is CC\C=C/C=C\C=C/C=C\C=C\C=C/CCCCCC(=O)OC(COC(=O)CCCCC/C=C\C/C=C\C/C=C\C/C=C\C/C=C\CC)COC(=O)CCCCCC/C=C\CCCC. The van der Waals surface area contributed by atoms with E-state index >= 15 is 0 Å². The van der Waals surface area contributed by atoms with Crippen LogP contribution in [0.4, 0.5) is 0 Å². The van der Waals surface area contributed by atoms with E-state index in [2.05, 4.69) is 106 Å². The molecule has 6 heteroatoms. The molecule has 0 aromatic carbocycles. The van der Waals surface area contributed by atoms with Crippen molar-refractivity contribution in [3.05, 3.63) is 146 Å². The Kier molecular flexibility index (Phi) is 47.2. The van der Waals surface area contributed by atoms with Crippen molar-refractivity contribution in [1.29, 1.82) is 0 Å². The van der Waals surface area contributed by atoms with Crippen LogP contribution < -0.4 is 0 Å². The first kappa shape index (κ1) is 59.3. The average Bonchev–Trinajstić information content (AvgIpc) is 3.29. The summed E-state index contributed by atoms with van der Waals surface area (Å²) in [6.45, 7) is 6.22. The first-order chi connectivity index (χ1) is 31.5. The highest BCUT2D eigenvalue weighted by Gasteiger charge is 2.19. The summed E-state index contributed by atoms with van der Waals surface area (Å²) in [4.78, 5) is 37.9. The van der Waals surface area contributed by atoms with Gasteiger partial charge in [0.1, 0.15) is 13.2 Å². The zero-order chi connectivity index (χ0) is 46.5. The summed E-state index contributed by atoms with van der Waals surface area (Å²) in [5.74, 6) is -1.02. The van der Waals surface area contributed by atoms with Gasteiger partial charge in [-0.05, 0) is 103 Å². The summed E-state index contributed by atoms with van der Waals surface area (Å²) in [5, 5.41) is 0. The van der Waals surface area contributed by atoms with Crippen molar-refractivity contribution in [2.45, 2.75) is 187 Å². The summed E-state index contributed by atoms with van der Waals surface area (Å²) < 4.78 is 16.7. The number of hydrogen-bond donors (Lipinski definition) is 0. The van der Waals surface area contributed by atoms with Gasteiger partial charge in [-0.25, -0.2) is 0 Å². The number of carbonyl (C=O) groups is 3. The van der Waals surface area contributed by atoms with Gasteiger partial charge in [0, 0.05) is 19.3 Å². The van der Waals surface area contributed by atoms with Crippen molar-refractivity contribution in [2.75, 3.05) is 13.2 Å². The van der Waals surface area contributed by atoms with Crippen LogP contribution in [0.1, 0.15) is 181 Å². The summed E-state index contributed by atoms with van der Waals surface area (Å²) in [6, 6.07) is 0. The Morgan fingerprint density at radius 3 is 1.16 bits per heavy atom. The Morgan fingerprint density at radius 1 is 0.344 bits per heavy atom. The van der Waals surface area contributed by atoms with Gasteiger partial charge in [0.15, 0.2) is 6.10 Å². The van der Waals surface area contributed by atoms with Gasteiger partial charge in [-0.1, -0.05) is 205 Å². The van der Waals surface area contributed by atoms with Gasteiger partial charge < -0.3 is 14.2 Å². The fourth-order valence-electron chi connectivity index (χ4n) is 6.01. The molecule has 0 aliphatic carbocycles. The predicted molar refractivity (Wildman–Crippen MR) is 274 cm³/mol. The van der Waals surface area contributed by atoms with E-state index < -0.39 is 6.10 Å². The summed E-state index contributed by atoms with van der Waals surface area (Å²) in [5.41, 5.74) is 0. The maximum Gasteiger partial charge on any atom is 0.306 e. The van der Waals surface area contributed by atoms with Crippen LogP contribution in [-0.2, 0) is 28.6 Å². The minimum Gasteiger partial charge on any atom is -0.462 e. The second-order valence-electron chi connectivity index (χ2n) is 15.8. The third kappa shape index (κ3) is 48.3. The quantitative estimate of drug-likeness (QED) is 0.0200. The Hall–Kier alpha value is -4.71. The maximum absolute atomic E-state index is 12.8. The van der Waals surface area contributed by atoms with Crippen molar-refractivity contribution < 1.29 is 28.6 Å². The molecule has 0 heterocycles. The van der Waals surface area contributed by atoms with Crippen LogP contribution in [0.5, 0.6) is 0 Å². The molecule has 0 bridgehead atoms. The highest BCUT2D eigenvalue weighted by Crippen LogP contribution is 2.11. The number of esters is 3. The molecule has 64 heavy (non-hydrogen) atoms. The van der Waals surface area contributed by atoms with Crippen LogP contribution in [-0.4, -0.2) is 37.2 Å². The molecular weight excluding hydrogens is 793 g/mol. The lowest BCUT2D eigenvalue weighted by Gasteiger charge is -2.18. The number of unbranched alkanes of at least 4 members (excludes halogenated alkanes) is 12. The van der Waals surface area contributed by atoms with E-state index in [0.29, 0.717) is 19.3 Å². The third-order valence-electron chi connectivity index (χ3n) is 9.72. The van der Waals surface area contributed by atoms with Crippen LogP contribution in [0.3, 0.4) is 0 Å². The molecule has 0 aromatic heterocycles. The molecule has 0 aromatic rings. The first-order valence-electron chi connectivity index (χ1n) is 24.9. The van der Waals surface area contributed by atoms with E-state index in [1.54, 1.807) is 0 Å². The molecule has 0 N–H and O–H groups in total. The molecule has 1 atom stereocenters. The average molecular weight is 881 g/mol. The lowest BCUT2D eigenvalue weighted by molar-refractivity contribution is -0.167. The number of rotatable bonds is 42. The minimum atomic E-state index is -0.825. The Labute approximate surface area is 391 Å². The van der Waals surface area contributed by atoms with Crippen molar-refractivity contribution in [3.63, 3.8) is 0 Å². The van der Waals surface area contributed by atoms with Gasteiger partial charge in [-0.2, -0.15) is 0 Å². The largest absolute Gasteiger partial charge is 0.462 e. The highest BCUT2D eigenvalue weighted by molar-refractivity contribution is 5.71. The molecule has 0 fully saturated rings. The van der Waals surface area contributed by atoms with Crippen LogP contribution in [0, 0.1) is 0 Å². The monoisotopic (exact) mass is 881 g/mol. The van der Waals surface area contributed by atoms with E-state index in [1.165, 1.54) is 12.8 Å². The zero-order valence-electron chi connectivity index (χ0n) is 40.5. The molecular formula is C58H88O6. The molecule has 356 valence electrons. The molecule has 0 spiro atoms. The highest BCUT2D eigenvalue weighted by atomic mass is 16.6. The van der Waals surface area contributed by atoms with Crippen LogP contribution in [0.15, 0.2) is 146 Å². The molecule has 0 saturated heterocycles. The Morgan fingerprint density at radius 2 is 0.688 bits per heavy atom. The van der Waals surface area contributed by atoms with Crippen LogP contribution in [0.25, 0.3) is 0 Å². The summed E-state index contributed by atoms with van der Waals surface area (Å²) >= 11 is 0. The lowest BCUT2D eigenvalue weighted by atomic mass is 10.1. The smallest absolute Gasteiger partial charge is 0.306 e. The van der Waals surface area contributed by atoms with Crippen LogP contribution in [0.2, 0.25) is 0 Å². The second kappa shape index (κ2) is 50.9. The number of ether oxygens (including phenoxy) is 3. The van der Waals surface area contributed by atoms with Gasteiger partial charge in [0.2, 0.25) is 0 Å². The topological polar surface area (TPSA) is 78.9 Å². The number of carbonyl (C=O) groups excluding carboxylic acids is 3. The molecule has 0 rings (SSSR count).